The van der Waals surface area contributed by atoms with Gasteiger partial charge in [0.05, 0.1) is 14.2 Å². The van der Waals surface area contributed by atoms with Gasteiger partial charge in [-0.25, -0.2) is 9.78 Å². The second-order valence-electron chi connectivity index (χ2n) is 6.45. The average molecular weight is 384 g/mol. The molecule has 0 aliphatic rings. The van der Waals surface area contributed by atoms with Crippen molar-refractivity contribution in [1.82, 2.24) is 18.7 Å². The quantitative estimate of drug-likeness (QED) is 0.650. The Morgan fingerprint density at radius 2 is 1.75 bits per heavy atom. The van der Waals surface area contributed by atoms with Gasteiger partial charge in [-0.15, -0.1) is 0 Å². The largest absolute Gasteiger partial charge is 0.493 e. The molecule has 0 N–H and O–H groups in total. The van der Waals surface area contributed by atoms with Gasteiger partial charge in [0.1, 0.15) is 5.82 Å². The minimum Gasteiger partial charge on any atom is -0.493 e. The zero-order valence-electron chi connectivity index (χ0n) is 16.7. The lowest BCUT2D eigenvalue weighted by atomic mass is 10.2. The lowest BCUT2D eigenvalue weighted by Crippen LogP contribution is -2.38. The Bertz CT molecular complexity index is 1170. The van der Waals surface area contributed by atoms with Crippen LogP contribution in [0.5, 0.6) is 11.5 Å². The van der Waals surface area contributed by atoms with Crippen LogP contribution in [0.25, 0.3) is 23.3 Å². The van der Waals surface area contributed by atoms with Crippen LogP contribution < -0.4 is 20.7 Å². The van der Waals surface area contributed by atoms with Gasteiger partial charge in [-0.1, -0.05) is 19.1 Å². The molecule has 0 amide bonds. The molecule has 148 valence electrons. The molecule has 2 heterocycles. The number of fused-ring (bicyclic) bond motifs is 1. The summed E-state index contributed by atoms with van der Waals surface area (Å²) in [6.07, 6.45) is 4.44. The minimum atomic E-state index is -0.354. The molecule has 3 aromatic rings. The van der Waals surface area contributed by atoms with Crippen LogP contribution in [0, 0.1) is 0 Å². The number of hydrogen-bond acceptors (Lipinski definition) is 5. The van der Waals surface area contributed by atoms with E-state index in [1.54, 1.807) is 36.5 Å². The average Bonchev–Trinajstić information content (AvgIpc) is 3.03. The van der Waals surface area contributed by atoms with Gasteiger partial charge < -0.3 is 14.0 Å². The Kier molecular flexibility index (Phi) is 5.39. The highest BCUT2D eigenvalue weighted by atomic mass is 16.5. The SMILES string of the molecule is CCCn1c(=O)n(C)c(=O)c2c1nc(C=Cc1ccc(OC)c(OC)c1)n2C. The molecule has 0 aliphatic carbocycles. The number of aryl methyl sites for hydroxylation is 2. The van der Waals surface area contributed by atoms with E-state index in [4.69, 9.17) is 9.47 Å². The molecule has 0 fully saturated rings. The monoisotopic (exact) mass is 384 g/mol. The zero-order chi connectivity index (χ0) is 20.4. The standard InChI is InChI=1S/C20H24N4O4/c1-6-11-24-18-17(19(25)23(3)20(24)26)22(2)16(21-18)10-8-13-7-9-14(27-4)15(12-13)28-5/h7-10,12H,6,11H2,1-5H3. The number of benzene rings is 1. The van der Waals surface area contributed by atoms with E-state index in [2.05, 4.69) is 4.98 Å². The molecule has 1 aromatic carbocycles. The second kappa shape index (κ2) is 7.75. The third kappa shape index (κ3) is 3.21. The first-order valence-corrected chi connectivity index (χ1v) is 8.99. The molecule has 28 heavy (non-hydrogen) atoms. The lowest BCUT2D eigenvalue weighted by Gasteiger charge is -2.07. The van der Waals surface area contributed by atoms with E-state index >= 15 is 0 Å². The fourth-order valence-electron chi connectivity index (χ4n) is 3.15. The van der Waals surface area contributed by atoms with Crippen molar-refractivity contribution in [3.8, 4) is 11.5 Å². The number of hydrogen-bond donors (Lipinski definition) is 0. The minimum absolute atomic E-state index is 0.354. The third-order valence-corrected chi connectivity index (χ3v) is 4.67. The number of rotatable bonds is 6. The highest BCUT2D eigenvalue weighted by molar-refractivity contribution is 5.77. The Balaban J connectivity index is 2.12. The van der Waals surface area contributed by atoms with Crippen molar-refractivity contribution in [1.29, 1.82) is 0 Å². The summed E-state index contributed by atoms with van der Waals surface area (Å²) in [6, 6.07) is 5.57. The zero-order valence-corrected chi connectivity index (χ0v) is 16.7. The van der Waals surface area contributed by atoms with Crippen molar-refractivity contribution in [3.63, 3.8) is 0 Å². The number of nitrogens with zero attached hydrogens (tertiary/aromatic N) is 4. The van der Waals surface area contributed by atoms with Gasteiger partial charge in [0.25, 0.3) is 5.56 Å². The van der Waals surface area contributed by atoms with E-state index in [1.807, 2.05) is 31.2 Å². The summed E-state index contributed by atoms with van der Waals surface area (Å²) in [5, 5.41) is 0. The molecular formula is C20H24N4O4. The summed E-state index contributed by atoms with van der Waals surface area (Å²) in [5.74, 6) is 1.85. The van der Waals surface area contributed by atoms with Gasteiger partial charge in [-0.3, -0.25) is 13.9 Å². The van der Waals surface area contributed by atoms with Gasteiger partial charge >= 0.3 is 5.69 Å². The topological polar surface area (TPSA) is 80.3 Å². The number of imidazole rings is 1. The molecule has 0 atom stereocenters. The highest BCUT2D eigenvalue weighted by Crippen LogP contribution is 2.28. The summed E-state index contributed by atoms with van der Waals surface area (Å²) >= 11 is 0. The predicted octanol–water partition coefficient (Wildman–Crippen LogP) is 2.03. The molecule has 3 rings (SSSR count). The van der Waals surface area contributed by atoms with Crippen LogP contribution in [0.1, 0.15) is 24.7 Å². The van der Waals surface area contributed by atoms with Gasteiger partial charge in [-0.2, -0.15) is 0 Å². The second-order valence-corrected chi connectivity index (χ2v) is 6.45. The van der Waals surface area contributed by atoms with Crippen molar-refractivity contribution in [3.05, 3.63) is 50.4 Å². The summed E-state index contributed by atoms with van der Waals surface area (Å²) in [4.78, 5) is 29.6. The van der Waals surface area contributed by atoms with Crippen LogP contribution in [0.2, 0.25) is 0 Å². The first-order chi connectivity index (χ1) is 13.4. The maximum Gasteiger partial charge on any atom is 0.332 e. The van der Waals surface area contributed by atoms with Gasteiger partial charge in [0.2, 0.25) is 0 Å². The van der Waals surface area contributed by atoms with Crippen molar-refractivity contribution in [2.45, 2.75) is 19.9 Å². The number of methoxy groups -OCH3 is 2. The van der Waals surface area contributed by atoms with Crippen LogP contribution in [0.4, 0.5) is 0 Å². The molecule has 0 radical (unpaired) electrons. The third-order valence-electron chi connectivity index (χ3n) is 4.67. The molecule has 0 saturated carbocycles. The fourth-order valence-corrected chi connectivity index (χ4v) is 3.15. The van der Waals surface area contributed by atoms with E-state index in [9.17, 15) is 9.59 Å². The van der Waals surface area contributed by atoms with Crippen molar-refractivity contribution < 1.29 is 9.47 Å². The van der Waals surface area contributed by atoms with Crippen LogP contribution in [-0.4, -0.2) is 32.9 Å². The summed E-state index contributed by atoms with van der Waals surface area (Å²) < 4.78 is 15.0. The number of ether oxygens (including phenoxy) is 2. The van der Waals surface area contributed by atoms with Crippen LogP contribution >= 0.6 is 0 Å². The molecule has 8 heteroatoms. The summed E-state index contributed by atoms with van der Waals surface area (Å²) in [6.45, 7) is 2.48. The van der Waals surface area contributed by atoms with E-state index in [1.165, 1.54) is 7.05 Å². The highest BCUT2D eigenvalue weighted by Gasteiger charge is 2.17. The maximum atomic E-state index is 12.6. The maximum absolute atomic E-state index is 12.6. The molecule has 0 aliphatic heterocycles. The van der Waals surface area contributed by atoms with E-state index in [-0.39, 0.29) is 11.2 Å². The van der Waals surface area contributed by atoms with Crippen molar-refractivity contribution in [2.75, 3.05) is 14.2 Å². The van der Waals surface area contributed by atoms with Crippen LogP contribution in [0.15, 0.2) is 27.8 Å². The smallest absolute Gasteiger partial charge is 0.332 e. The fraction of sp³-hybridized carbons (Fsp3) is 0.350. The molecule has 8 nitrogen and oxygen atoms in total. The molecular weight excluding hydrogens is 360 g/mol. The van der Waals surface area contributed by atoms with E-state index in [0.717, 1.165) is 16.6 Å². The van der Waals surface area contributed by atoms with Crippen molar-refractivity contribution >= 4 is 23.3 Å². The Morgan fingerprint density at radius 3 is 2.39 bits per heavy atom. The normalized spacial score (nSPS) is 11.5. The van der Waals surface area contributed by atoms with E-state index in [0.29, 0.717) is 35.0 Å². The Hall–Kier alpha value is -3.29. The molecule has 0 bridgehead atoms. The summed E-state index contributed by atoms with van der Waals surface area (Å²) in [7, 11) is 6.43. The first-order valence-electron chi connectivity index (χ1n) is 8.99. The van der Waals surface area contributed by atoms with Crippen molar-refractivity contribution in [2.24, 2.45) is 14.1 Å². The van der Waals surface area contributed by atoms with Crippen LogP contribution in [0.3, 0.4) is 0 Å². The van der Waals surface area contributed by atoms with Crippen LogP contribution in [-0.2, 0) is 20.6 Å². The molecule has 0 spiro atoms. The number of aromatic nitrogens is 4. The Morgan fingerprint density at radius 1 is 1.04 bits per heavy atom. The first kappa shape index (κ1) is 19.5. The predicted molar refractivity (Wildman–Crippen MR) is 109 cm³/mol. The Labute approximate surface area is 162 Å². The molecule has 2 aromatic heterocycles. The van der Waals surface area contributed by atoms with Gasteiger partial charge in [-0.05, 0) is 30.2 Å². The molecule has 0 saturated heterocycles. The summed E-state index contributed by atoms with van der Waals surface area (Å²) in [5.41, 5.74) is 0.997. The van der Waals surface area contributed by atoms with Gasteiger partial charge in [0.15, 0.2) is 22.7 Å². The lowest BCUT2D eigenvalue weighted by molar-refractivity contribution is 0.355. The van der Waals surface area contributed by atoms with E-state index < -0.39 is 0 Å². The van der Waals surface area contributed by atoms with Gasteiger partial charge in [0, 0.05) is 20.6 Å². The molecule has 0 unspecified atom stereocenters.